The van der Waals surface area contributed by atoms with Crippen LogP contribution in [0.1, 0.15) is 108 Å². The molecular formula is C56H78N4O13S. The van der Waals surface area contributed by atoms with Crippen molar-refractivity contribution in [2.75, 3.05) is 52.8 Å². The second-order valence-electron chi connectivity index (χ2n) is 21.0. The molecule has 17 nitrogen and oxygen atoms in total. The van der Waals surface area contributed by atoms with Crippen LogP contribution in [0.15, 0.2) is 78.0 Å². The van der Waals surface area contributed by atoms with E-state index in [1.165, 1.54) is 14.0 Å². The average Bonchev–Trinajstić information content (AvgIpc) is 4.08. The lowest BCUT2D eigenvalue weighted by Crippen LogP contribution is -2.57. The molecule has 2 aliphatic heterocycles. The quantitative estimate of drug-likeness (QED) is 0.0164. The summed E-state index contributed by atoms with van der Waals surface area (Å²) in [6.45, 7) is 17.6. The number of aryl methyl sites for hydroxylation is 2. The first-order valence-electron chi connectivity index (χ1n) is 25.4. The number of ketones is 3. The SMILES string of the molecule is CO/N=C(\C)c1cc(C[N+]2(CC(=O)C[C@@H](CCc3ccccc3)C(=O)N[C@@H](CC(C)C)C(=O)C[C@@H](Cc3ccccc3)C(=O)N[C@@H](CC(C)C)C(=O)[C@@]3(C)CO3)CCOCC2)cc(C)c1OC(C)=O.CS(=O)(=O)[O-]. The van der Waals surface area contributed by atoms with Crippen LogP contribution in [-0.2, 0) is 72.6 Å². The van der Waals surface area contributed by atoms with E-state index in [2.05, 4.69) is 15.8 Å². The number of oxime groups is 1. The highest BCUT2D eigenvalue weighted by Crippen LogP contribution is 2.32. The second kappa shape index (κ2) is 28.3. The largest absolute Gasteiger partial charge is 0.748 e. The molecule has 5 rings (SSSR count). The van der Waals surface area contributed by atoms with Gasteiger partial charge in [0.25, 0.3) is 0 Å². The van der Waals surface area contributed by atoms with Gasteiger partial charge in [-0.15, -0.1) is 0 Å². The third-order valence-corrected chi connectivity index (χ3v) is 13.1. The van der Waals surface area contributed by atoms with E-state index >= 15 is 0 Å². The number of carbonyl (C=O) groups excluding carboxylic acids is 6. The van der Waals surface area contributed by atoms with Gasteiger partial charge in [0.1, 0.15) is 44.6 Å². The number of nitrogens with one attached hydrogen (secondary N) is 2. The molecule has 0 aliphatic carbocycles. The van der Waals surface area contributed by atoms with E-state index in [0.29, 0.717) is 92.9 Å². The van der Waals surface area contributed by atoms with Crippen molar-refractivity contribution in [2.45, 2.75) is 125 Å². The summed E-state index contributed by atoms with van der Waals surface area (Å²) in [6.07, 6.45) is 2.34. The highest BCUT2D eigenvalue weighted by atomic mass is 32.2. The lowest BCUT2D eigenvalue weighted by molar-refractivity contribution is -0.940. The van der Waals surface area contributed by atoms with Crippen molar-refractivity contribution < 1.29 is 65.3 Å². The van der Waals surface area contributed by atoms with Gasteiger partial charge in [0.15, 0.2) is 17.3 Å². The fourth-order valence-electron chi connectivity index (χ4n) is 9.37. The number of ether oxygens (including phenoxy) is 3. The fourth-order valence-corrected chi connectivity index (χ4v) is 9.37. The lowest BCUT2D eigenvalue weighted by atomic mass is 9.87. The van der Waals surface area contributed by atoms with Gasteiger partial charge in [0, 0.05) is 49.0 Å². The predicted octanol–water partition coefficient (Wildman–Crippen LogP) is 6.25. The summed E-state index contributed by atoms with van der Waals surface area (Å²) in [5, 5.41) is 10.2. The van der Waals surface area contributed by atoms with Crippen molar-refractivity contribution in [3.8, 4) is 5.75 Å². The molecular weight excluding hydrogens is 969 g/mol. The molecule has 0 aromatic heterocycles. The van der Waals surface area contributed by atoms with Gasteiger partial charge in [-0.05, 0) is 93.5 Å². The Hall–Kier alpha value is -5.66. The molecule has 2 amide bonds. The number of epoxide rings is 1. The maximum Gasteiger partial charge on any atom is 0.308 e. The highest BCUT2D eigenvalue weighted by Gasteiger charge is 2.50. The molecule has 0 unspecified atom stereocenters. The molecule has 18 heteroatoms. The van der Waals surface area contributed by atoms with Crippen LogP contribution in [0.4, 0.5) is 0 Å². The fraction of sp³-hybridized carbons (Fsp3) is 0.554. The first-order valence-corrected chi connectivity index (χ1v) is 27.3. The van der Waals surface area contributed by atoms with Crippen molar-refractivity contribution in [1.29, 1.82) is 0 Å². The number of hydrogen-bond acceptors (Lipinski definition) is 14. The molecule has 2 saturated heterocycles. The van der Waals surface area contributed by atoms with E-state index in [4.69, 9.17) is 32.0 Å². The third-order valence-electron chi connectivity index (χ3n) is 13.1. The minimum absolute atomic E-state index is 0.0138. The summed E-state index contributed by atoms with van der Waals surface area (Å²) in [7, 11) is -2.47. The topological polar surface area (TPSA) is 236 Å². The molecule has 0 radical (unpaired) electrons. The molecule has 74 heavy (non-hydrogen) atoms. The van der Waals surface area contributed by atoms with Crippen molar-refractivity contribution in [1.82, 2.24) is 10.6 Å². The number of benzene rings is 3. The molecule has 5 atom stereocenters. The van der Waals surface area contributed by atoms with Gasteiger partial charge >= 0.3 is 5.97 Å². The zero-order chi connectivity index (χ0) is 54.8. The standard InChI is InChI=1S/C55H74N4O10.CH4O3S/c1-36(2)26-48(50(62)32-45(29-42-18-14-11-15-19-42)54(65)57-49(27-37(3)4)52(63)55(8)35-68-55)56-53(64)44(21-20-41-16-12-10-13-17-41)31-46(61)34-59(22-24-67-25-23-59)33-43-28-38(5)51(69-40(7)60)47(30-43)39(6)58-66-9;1-5(2,3)4/h10-19,28,30,36-37,44-45,48-49H,20-27,29,31-35H2,1-9H3,(H-,56,57,64,65);1H3,(H,2,3,4)/b58-39+;/t44-,45-,48+,49+,55-;/m1./s1. The zero-order valence-electron chi connectivity index (χ0n) is 44.9. The van der Waals surface area contributed by atoms with Gasteiger partial charge in [0.2, 0.25) is 11.8 Å². The Kier molecular flexibility index (Phi) is 23.3. The van der Waals surface area contributed by atoms with Crippen LogP contribution in [0, 0.1) is 30.6 Å². The van der Waals surface area contributed by atoms with E-state index in [1.807, 2.05) is 107 Å². The third kappa shape index (κ3) is 20.6. The molecule has 0 spiro atoms. The van der Waals surface area contributed by atoms with Gasteiger partial charge < -0.3 is 38.7 Å². The Labute approximate surface area is 437 Å². The second-order valence-corrected chi connectivity index (χ2v) is 22.4. The van der Waals surface area contributed by atoms with Crippen LogP contribution in [0.5, 0.6) is 5.75 Å². The monoisotopic (exact) mass is 1050 g/mol. The van der Waals surface area contributed by atoms with Crippen molar-refractivity contribution in [2.24, 2.45) is 28.8 Å². The molecule has 0 saturated carbocycles. The highest BCUT2D eigenvalue weighted by molar-refractivity contribution is 7.84. The number of morpholine rings is 1. The van der Waals surface area contributed by atoms with Crippen molar-refractivity contribution >= 4 is 51.0 Å². The molecule has 2 N–H and O–H groups in total. The minimum atomic E-state index is -3.92. The lowest BCUT2D eigenvalue weighted by Gasteiger charge is -2.41. The van der Waals surface area contributed by atoms with Gasteiger partial charge in [-0.3, -0.25) is 28.8 Å². The number of Topliss-reactive ketones (excluding diaryl/α,β-unsaturated/α-hetero) is 3. The van der Waals surface area contributed by atoms with Gasteiger partial charge in [-0.25, -0.2) is 8.42 Å². The Morgan fingerprint density at radius 1 is 0.811 bits per heavy atom. The Bertz CT molecular complexity index is 2510. The van der Waals surface area contributed by atoms with Crippen LogP contribution in [0.2, 0.25) is 0 Å². The first-order chi connectivity index (χ1) is 34.8. The number of esters is 1. The van der Waals surface area contributed by atoms with E-state index in [-0.39, 0.29) is 60.9 Å². The minimum Gasteiger partial charge on any atom is -0.748 e. The molecule has 3 aromatic rings. The normalized spacial score (nSPS) is 17.9. The maximum atomic E-state index is 14.7. The molecule has 406 valence electrons. The summed E-state index contributed by atoms with van der Waals surface area (Å²) >= 11 is 0. The van der Waals surface area contributed by atoms with Gasteiger partial charge in [-0.2, -0.15) is 0 Å². The van der Waals surface area contributed by atoms with Gasteiger partial charge in [-0.1, -0.05) is 93.5 Å². The number of carbonyl (C=O) groups is 6. The number of hydrogen-bond donors (Lipinski definition) is 2. The maximum absolute atomic E-state index is 14.7. The Balaban J connectivity index is 0.00000226. The van der Waals surface area contributed by atoms with Gasteiger partial charge in [0.05, 0.1) is 47.7 Å². The van der Waals surface area contributed by atoms with Crippen LogP contribution < -0.4 is 15.4 Å². The Morgan fingerprint density at radius 2 is 1.35 bits per heavy atom. The summed E-state index contributed by atoms with van der Waals surface area (Å²) in [4.78, 5) is 88.8. The van der Waals surface area contributed by atoms with Crippen LogP contribution >= 0.6 is 0 Å². The van der Waals surface area contributed by atoms with E-state index in [0.717, 1.165) is 22.3 Å². The van der Waals surface area contributed by atoms with Crippen LogP contribution in [0.25, 0.3) is 0 Å². The summed E-state index contributed by atoms with van der Waals surface area (Å²) < 4.78 is 44.5. The average molecular weight is 1050 g/mol. The molecule has 2 aliphatic rings. The van der Waals surface area contributed by atoms with Crippen molar-refractivity contribution in [3.05, 3.63) is 101 Å². The number of amides is 2. The number of nitrogens with zero attached hydrogens (tertiary/aromatic N) is 2. The molecule has 2 heterocycles. The van der Waals surface area contributed by atoms with Crippen LogP contribution in [0.3, 0.4) is 0 Å². The van der Waals surface area contributed by atoms with E-state index < -0.39 is 51.5 Å². The van der Waals surface area contributed by atoms with Crippen LogP contribution in [-0.4, -0.2) is 129 Å². The predicted molar refractivity (Wildman–Crippen MR) is 280 cm³/mol. The number of quaternary nitrogens is 1. The summed E-state index contributed by atoms with van der Waals surface area (Å²) in [6, 6.07) is 21.5. The smallest absolute Gasteiger partial charge is 0.308 e. The molecule has 0 bridgehead atoms. The zero-order valence-corrected chi connectivity index (χ0v) is 45.7. The van der Waals surface area contributed by atoms with Crippen molar-refractivity contribution in [3.63, 3.8) is 0 Å². The first kappa shape index (κ1) is 60.9. The summed E-state index contributed by atoms with van der Waals surface area (Å²) in [5.41, 5.74) is 3.74. The van der Waals surface area contributed by atoms with E-state index in [1.54, 1.807) is 13.8 Å². The Morgan fingerprint density at radius 3 is 1.89 bits per heavy atom. The molecule has 3 aromatic carbocycles. The van der Waals surface area contributed by atoms with E-state index in [9.17, 15) is 28.8 Å². The molecule has 2 fully saturated rings. The number of rotatable bonds is 27. The summed E-state index contributed by atoms with van der Waals surface area (Å²) in [5.74, 6) is -2.85.